The Morgan fingerprint density at radius 1 is 0.759 bits per heavy atom. The van der Waals surface area contributed by atoms with Crippen molar-refractivity contribution in [3.8, 4) is 0 Å². The molecule has 3 rings (SSSR count). The standard InChI is InChI=1S/C24H23F5/c1-2-3-4-5-16-6-9-18(22(25)15-16)10-7-17-8-12-20-19(14-17)11-13-21(23(20)26)24(27,28)29/h6,8-9,11-15H,2-5,7,10H2,1H3. The van der Waals surface area contributed by atoms with Gasteiger partial charge in [-0.1, -0.05) is 56.2 Å². The molecule has 0 nitrogen and oxygen atoms in total. The van der Waals surface area contributed by atoms with Gasteiger partial charge in [0.2, 0.25) is 0 Å². The maximum Gasteiger partial charge on any atom is 0.419 e. The third-order valence-corrected chi connectivity index (χ3v) is 5.19. The van der Waals surface area contributed by atoms with E-state index in [2.05, 4.69) is 6.92 Å². The summed E-state index contributed by atoms with van der Waals surface area (Å²) < 4.78 is 67.1. The molecule has 0 saturated carbocycles. The minimum Gasteiger partial charge on any atom is -0.207 e. The van der Waals surface area contributed by atoms with E-state index in [1.54, 1.807) is 24.3 Å². The van der Waals surface area contributed by atoms with Gasteiger partial charge in [-0.25, -0.2) is 8.78 Å². The zero-order valence-electron chi connectivity index (χ0n) is 16.3. The van der Waals surface area contributed by atoms with Crippen LogP contribution in [0.5, 0.6) is 0 Å². The van der Waals surface area contributed by atoms with Crippen molar-refractivity contribution in [2.24, 2.45) is 0 Å². The molecular formula is C24H23F5. The molecule has 3 aromatic rings. The molecule has 0 heterocycles. The summed E-state index contributed by atoms with van der Waals surface area (Å²) in [5.41, 5.74) is 1.14. The highest BCUT2D eigenvalue weighted by atomic mass is 19.4. The van der Waals surface area contributed by atoms with Gasteiger partial charge in [-0.15, -0.1) is 0 Å². The first-order valence-corrected chi connectivity index (χ1v) is 9.85. The van der Waals surface area contributed by atoms with Crippen LogP contribution in [0.2, 0.25) is 0 Å². The third kappa shape index (κ3) is 5.14. The van der Waals surface area contributed by atoms with Gasteiger partial charge in [-0.2, -0.15) is 13.2 Å². The van der Waals surface area contributed by atoms with Gasteiger partial charge in [0.05, 0.1) is 5.56 Å². The van der Waals surface area contributed by atoms with E-state index in [9.17, 15) is 22.0 Å². The highest BCUT2D eigenvalue weighted by Gasteiger charge is 2.34. The number of rotatable bonds is 7. The van der Waals surface area contributed by atoms with Gasteiger partial charge in [0, 0.05) is 5.39 Å². The van der Waals surface area contributed by atoms with Crippen LogP contribution in [0.15, 0.2) is 48.5 Å². The van der Waals surface area contributed by atoms with Crippen molar-refractivity contribution in [2.45, 2.75) is 51.6 Å². The molecule has 0 unspecified atom stereocenters. The van der Waals surface area contributed by atoms with Crippen LogP contribution in [0.25, 0.3) is 10.8 Å². The highest BCUT2D eigenvalue weighted by Crippen LogP contribution is 2.34. The van der Waals surface area contributed by atoms with Crippen molar-refractivity contribution in [3.05, 3.63) is 82.4 Å². The van der Waals surface area contributed by atoms with Gasteiger partial charge < -0.3 is 0 Å². The molecule has 0 bridgehead atoms. The van der Waals surface area contributed by atoms with E-state index in [0.29, 0.717) is 23.8 Å². The number of aryl methyl sites for hydroxylation is 3. The summed E-state index contributed by atoms with van der Waals surface area (Å²) in [4.78, 5) is 0. The number of hydrogen-bond donors (Lipinski definition) is 0. The lowest BCUT2D eigenvalue weighted by Crippen LogP contribution is -2.08. The van der Waals surface area contributed by atoms with Crippen LogP contribution >= 0.6 is 0 Å². The van der Waals surface area contributed by atoms with Crippen molar-refractivity contribution < 1.29 is 22.0 Å². The predicted octanol–water partition coefficient (Wildman–Crippen LogP) is 7.65. The van der Waals surface area contributed by atoms with Crippen LogP contribution in [0.1, 0.15) is 48.4 Å². The minimum absolute atomic E-state index is 0.0637. The van der Waals surface area contributed by atoms with Crippen LogP contribution < -0.4 is 0 Å². The highest BCUT2D eigenvalue weighted by molar-refractivity contribution is 5.84. The number of hydrogen-bond acceptors (Lipinski definition) is 0. The maximum absolute atomic E-state index is 14.4. The van der Waals surface area contributed by atoms with Crippen molar-refractivity contribution in [2.75, 3.05) is 0 Å². The molecule has 0 aliphatic heterocycles. The second-order valence-corrected chi connectivity index (χ2v) is 7.36. The minimum atomic E-state index is -4.73. The smallest absolute Gasteiger partial charge is 0.207 e. The quantitative estimate of drug-likeness (QED) is 0.279. The van der Waals surface area contributed by atoms with Gasteiger partial charge in [0.25, 0.3) is 0 Å². The first-order chi connectivity index (χ1) is 13.8. The molecule has 0 aromatic heterocycles. The molecule has 0 saturated heterocycles. The summed E-state index contributed by atoms with van der Waals surface area (Å²) in [5.74, 6) is -1.49. The Morgan fingerprint density at radius 3 is 2.17 bits per heavy atom. The van der Waals surface area contributed by atoms with E-state index in [-0.39, 0.29) is 11.2 Å². The second-order valence-electron chi connectivity index (χ2n) is 7.36. The van der Waals surface area contributed by atoms with E-state index in [1.807, 2.05) is 6.07 Å². The molecule has 0 amide bonds. The summed E-state index contributed by atoms with van der Waals surface area (Å²) in [5, 5.41) is 0.339. The van der Waals surface area contributed by atoms with Gasteiger partial charge in [0.15, 0.2) is 0 Å². The first-order valence-electron chi connectivity index (χ1n) is 9.85. The Bertz CT molecular complexity index is 988. The van der Waals surface area contributed by atoms with Gasteiger partial charge in [-0.05, 0) is 59.9 Å². The molecule has 29 heavy (non-hydrogen) atoms. The van der Waals surface area contributed by atoms with Gasteiger partial charge in [0.1, 0.15) is 11.6 Å². The third-order valence-electron chi connectivity index (χ3n) is 5.19. The molecular weight excluding hydrogens is 383 g/mol. The van der Waals surface area contributed by atoms with Crippen LogP contribution in [0, 0.1) is 11.6 Å². The molecule has 154 valence electrons. The summed E-state index contributed by atoms with van der Waals surface area (Å²) >= 11 is 0. The van der Waals surface area contributed by atoms with E-state index in [4.69, 9.17) is 0 Å². The molecule has 0 fully saturated rings. The average Bonchev–Trinajstić information content (AvgIpc) is 2.66. The van der Waals surface area contributed by atoms with Crippen molar-refractivity contribution in [3.63, 3.8) is 0 Å². The average molecular weight is 406 g/mol. The largest absolute Gasteiger partial charge is 0.419 e. The Hall–Kier alpha value is -2.43. The van der Waals surface area contributed by atoms with Gasteiger partial charge in [-0.3, -0.25) is 0 Å². The Kier molecular flexibility index (Phi) is 6.56. The van der Waals surface area contributed by atoms with Crippen molar-refractivity contribution >= 4 is 10.8 Å². The lowest BCUT2D eigenvalue weighted by Gasteiger charge is -2.11. The maximum atomic E-state index is 14.4. The number of halogens is 5. The molecule has 0 aliphatic rings. The Balaban J connectivity index is 1.72. The van der Waals surface area contributed by atoms with Crippen LogP contribution in [0.3, 0.4) is 0 Å². The van der Waals surface area contributed by atoms with Gasteiger partial charge >= 0.3 is 6.18 Å². The summed E-state index contributed by atoms with van der Waals surface area (Å²) in [6, 6.07) is 12.0. The molecule has 5 heteroatoms. The summed E-state index contributed by atoms with van der Waals surface area (Å²) in [6.07, 6.45) is 0.405. The summed E-state index contributed by atoms with van der Waals surface area (Å²) in [6.45, 7) is 2.13. The van der Waals surface area contributed by atoms with Crippen LogP contribution in [-0.2, 0) is 25.4 Å². The normalized spacial score (nSPS) is 11.9. The fourth-order valence-electron chi connectivity index (χ4n) is 3.52. The molecule has 3 aromatic carbocycles. The fraction of sp³-hybridized carbons (Fsp3) is 0.333. The molecule has 0 N–H and O–H groups in total. The number of fused-ring (bicyclic) bond motifs is 1. The molecule has 0 radical (unpaired) electrons. The lowest BCUT2D eigenvalue weighted by molar-refractivity contribution is -0.139. The molecule has 0 atom stereocenters. The van der Waals surface area contributed by atoms with Crippen LogP contribution in [0.4, 0.5) is 22.0 Å². The molecule has 0 aliphatic carbocycles. The summed E-state index contributed by atoms with van der Waals surface area (Å²) in [7, 11) is 0. The second kappa shape index (κ2) is 8.93. The van der Waals surface area contributed by atoms with E-state index in [1.165, 1.54) is 12.1 Å². The van der Waals surface area contributed by atoms with E-state index in [0.717, 1.165) is 42.9 Å². The van der Waals surface area contributed by atoms with E-state index < -0.39 is 17.6 Å². The number of benzene rings is 3. The Morgan fingerprint density at radius 2 is 1.48 bits per heavy atom. The predicted molar refractivity (Wildman–Crippen MR) is 106 cm³/mol. The fourth-order valence-corrected chi connectivity index (χ4v) is 3.52. The van der Waals surface area contributed by atoms with Crippen molar-refractivity contribution in [1.82, 2.24) is 0 Å². The zero-order chi connectivity index (χ0) is 21.0. The number of alkyl halides is 3. The topological polar surface area (TPSA) is 0 Å². The SMILES string of the molecule is CCCCCc1ccc(CCc2ccc3c(F)c(C(F)(F)F)ccc3c2)c(F)c1. The van der Waals surface area contributed by atoms with Crippen molar-refractivity contribution in [1.29, 1.82) is 0 Å². The lowest BCUT2D eigenvalue weighted by atomic mass is 9.98. The first kappa shape index (κ1) is 21.3. The van der Waals surface area contributed by atoms with E-state index >= 15 is 0 Å². The Labute approximate surface area is 167 Å². The van der Waals surface area contributed by atoms with Crippen LogP contribution in [-0.4, -0.2) is 0 Å². The molecule has 0 spiro atoms. The number of unbranched alkanes of at least 4 members (excludes halogenated alkanes) is 2. The monoisotopic (exact) mass is 406 g/mol. The zero-order valence-corrected chi connectivity index (χ0v) is 16.3.